The van der Waals surface area contributed by atoms with Crippen LogP contribution in [-0.4, -0.2) is 44.9 Å². The largest absolute Gasteiger partial charge is 0.478 e. The SMILES string of the molecule is Cc1ncc(C(=O)N2CCC(Cc3ccccc3C(=O)O)CC2)c(C)n1. The van der Waals surface area contributed by atoms with Crippen molar-refractivity contribution in [2.45, 2.75) is 33.1 Å². The van der Waals surface area contributed by atoms with Gasteiger partial charge in [-0.1, -0.05) is 18.2 Å². The topological polar surface area (TPSA) is 83.4 Å². The highest BCUT2D eigenvalue weighted by molar-refractivity contribution is 5.95. The fraction of sp³-hybridized carbons (Fsp3) is 0.400. The molecule has 26 heavy (non-hydrogen) atoms. The summed E-state index contributed by atoms with van der Waals surface area (Å²) in [6.07, 6.45) is 4.07. The smallest absolute Gasteiger partial charge is 0.335 e. The number of likely N-dealkylation sites (tertiary alicyclic amines) is 1. The minimum Gasteiger partial charge on any atom is -0.478 e. The molecule has 1 amide bonds. The normalized spacial score (nSPS) is 15.1. The number of aromatic carboxylic acids is 1. The second-order valence-electron chi connectivity index (χ2n) is 6.82. The highest BCUT2D eigenvalue weighted by Crippen LogP contribution is 2.24. The summed E-state index contributed by atoms with van der Waals surface area (Å²) < 4.78 is 0. The maximum Gasteiger partial charge on any atom is 0.335 e. The Hall–Kier alpha value is -2.76. The van der Waals surface area contributed by atoms with Crippen molar-refractivity contribution in [2.24, 2.45) is 5.92 Å². The summed E-state index contributed by atoms with van der Waals surface area (Å²) >= 11 is 0. The standard InChI is InChI=1S/C20H23N3O3/c1-13-18(12-21-14(2)22-13)19(24)23-9-7-15(8-10-23)11-16-5-3-4-6-17(16)20(25)26/h3-6,12,15H,7-11H2,1-2H3,(H,25,26). The van der Waals surface area contributed by atoms with Crippen LogP contribution >= 0.6 is 0 Å². The third-order valence-corrected chi connectivity index (χ3v) is 4.99. The molecule has 1 saturated heterocycles. The molecular weight excluding hydrogens is 330 g/mol. The van der Waals surface area contributed by atoms with Gasteiger partial charge in [-0.2, -0.15) is 0 Å². The van der Waals surface area contributed by atoms with Crippen molar-refractivity contribution in [1.82, 2.24) is 14.9 Å². The predicted octanol–water partition coefficient (Wildman–Crippen LogP) is 2.89. The minimum atomic E-state index is -0.886. The molecule has 0 spiro atoms. The molecule has 0 aliphatic carbocycles. The molecule has 136 valence electrons. The van der Waals surface area contributed by atoms with E-state index in [4.69, 9.17) is 0 Å². The Morgan fingerprint density at radius 2 is 1.85 bits per heavy atom. The van der Waals surface area contributed by atoms with E-state index < -0.39 is 5.97 Å². The molecule has 0 unspecified atom stereocenters. The zero-order valence-corrected chi connectivity index (χ0v) is 15.1. The molecule has 6 heteroatoms. The second kappa shape index (κ2) is 7.64. The molecule has 0 bridgehead atoms. The van der Waals surface area contributed by atoms with Gasteiger partial charge in [0.2, 0.25) is 0 Å². The average Bonchev–Trinajstić information content (AvgIpc) is 2.62. The Bertz CT molecular complexity index is 827. The first-order chi connectivity index (χ1) is 12.5. The number of carboxylic acids is 1. The summed E-state index contributed by atoms with van der Waals surface area (Å²) in [5.74, 6) is 0.139. The van der Waals surface area contributed by atoms with Crippen LogP contribution in [0.5, 0.6) is 0 Å². The molecular formula is C20H23N3O3. The van der Waals surface area contributed by atoms with Gasteiger partial charge in [-0.3, -0.25) is 4.79 Å². The van der Waals surface area contributed by atoms with E-state index in [1.807, 2.05) is 30.9 Å². The minimum absolute atomic E-state index is 0.0214. The predicted molar refractivity (Wildman–Crippen MR) is 97.2 cm³/mol. The van der Waals surface area contributed by atoms with E-state index in [2.05, 4.69) is 9.97 Å². The molecule has 1 N–H and O–H groups in total. The van der Waals surface area contributed by atoms with Crippen LogP contribution < -0.4 is 0 Å². The highest BCUT2D eigenvalue weighted by Gasteiger charge is 2.26. The Balaban J connectivity index is 1.63. The number of carboxylic acid groups (broad SMARTS) is 1. The van der Waals surface area contributed by atoms with Crippen LogP contribution in [0.1, 0.15) is 50.6 Å². The van der Waals surface area contributed by atoms with Gasteiger partial charge >= 0.3 is 5.97 Å². The molecule has 2 heterocycles. The molecule has 0 radical (unpaired) electrons. The Labute approximate surface area is 152 Å². The van der Waals surface area contributed by atoms with Crippen LogP contribution in [0.4, 0.5) is 0 Å². The van der Waals surface area contributed by atoms with Crippen LogP contribution in [-0.2, 0) is 6.42 Å². The number of hydrogen-bond acceptors (Lipinski definition) is 4. The van der Waals surface area contributed by atoms with Gasteiger partial charge < -0.3 is 10.0 Å². The summed E-state index contributed by atoms with van der Waals surface area (Å²) in [6.45, 7) is 4.98. The first-order valence-corrected chi connectivity index (χ1v) is 8.86. The van der Waals surface area contributed by atoms with Crippen LogP contribution in [0.25, 0.3) is 0 Å². The number of amides is 1. The first-order valence-electron chi connectivity index (χ1n) is 8.86. The number of benzene rings is 1. The summed E-state index contributed by atoms with van der Waals surface area (Å²) in [6, 6.07) is 7.16. The van der Waals surface area contributed by atoms with Crippen LogP contribution in [0.15, 0.2) is 30.5 Å². The van der Waals surface area contributed by atoms with Crippen LogP contribution in [0.2, 0.25) is 0 Å². The van der Waals surface area contributed by atoms with Gasteiger partial charge in [-0.05, 0) is 50.7 Å². The first kappa shape index (κ1) is 18.0. The van der Waals surface area contributed by atoms with E-state index in [1.165, 1.54) is 0 Å². The number of aryl methyl sites for hydroxylation is 2. The Kier molecular flexibility index (Phi) is 5.30. The lowest BCUT2D eigenvalue weighted by Crippen LogP contribution is -2.39. The molecule has 1 aliphatic rings. The number of carbonyl (C=O) groups excluding carboxylic acids is 1. The molecule has 1 fully saturated rings. The Morgan fingerprint density at radius 3 is 2.50 bits per heavy atom. The van der Waals surface area contributed by atoms with Crippen molar-refractivity contribution in [3.8, 4) is 0 Å². The number of aromatic nitrogens is 2. The second-order valence-corrected chi connectivity index (χ2v) is 6.82. The average molecular weight is 353 g/mol. The fourth-order valence-electron chi connectivity index (χ4n) is 3.52. The number of piperidine rings is 1. The van der Waals surface area contributed by atoms with E-state index in [0.717, 1.165) is 24.8 Å². The lowest BCUT2D eigenvalue weighted by molar-refractivity contribution is 0.0688. The molecule has 2 aromatic rings. The zero-order chi connectivity index (χ0) is 18.7. The maximum atomic E-state index is 12.7. The van der Waals surface area contributed by atoms with Gasteiger partial charge in [0.1, 0.15) is 5.82 Å². The van der Waals surface area contributed by atoms with Gasteiger partial charge in [-0.15, -0.1) is 0 Å². The van der Waals surface area contributed by atoms with Gasteiger partial charge in [0.05, 0.1) is 16.8 Å². The Morgan fingerprint density at radius 1 is 1.15 bits per heavy atom. The fourth-order valence-corrected chi connectivity index (χ4v) is 3.52. The van der Waals surface area contributed by atoms with Crippen molar-refractivity contribution >= 4 is 11.9 Å². The third-order valence-electron chi connectivity index (χ3n) is 4.99. The molecule has 0 saturated carbocycles. The molecule has 3 rings (SSSR count). The van der Waals surface area contributed by atoms with Crippen molar-refractivity contribution in [3.63, 3.8) is 0 Å². The molecule has 6 nitrogen and oxygen atoms in total. The molecule has 1 aliphatic heterocycles. The number of hydrogen-bond donors (Lipinski definition) is 1. The van der Waals surface area contributed by atoms with Crippen LogP contribution in [0.3, 0.4) is 0 Å². The number of rotatable bonds is 4. The molecule has 0 atom stereocenters. The van der Waals surface area contributed by atoms with Crippen molar-refractivity contribution < 1.29 is 14.7 Å². The quantitative estimate of drug-likeness (QED) is 0.914. The van der Waals surface area contributed by atoms with Gasteiger partial charge in [0.25, 0.3) is 5.91 Å². The summed E-state index contributed by atoms with van der Waals surface area (Å²) in [7, 11) is 0. The number of nitrogens with zero attached hydrogens (tertiary/aromatic N) is 3. The van der Waals surface area contributed by atoms with Crippen LogP contribution in [0, 0.1) is 19.8 Å². The van der Waals surface area contributed by atoms with E-state index in [-0.39, 0.29) is 5.91 Å². The highest BCUT2D eigenvalue weighted by atomic mass is 16.4. The number of carbonyl (C=O) groups is 2. The van der Waals surface area contributed by atoms with E-state index in [9.17, 15) is 14.7 Å². The lowest BCUT2D eigenvalue weighted by Gasteiger charge is -2.32. The maximum absolute atomic E-state index is 12.7. The van der Waals surface area contributed by atoms with E-state index in [1.54, 1.807) is 18.3 Å². The van der Waals surface area contributed by atoms with Crippen molar-refractivity contribution in [1.29, 1.82) is 0 Å². The lowest BCUT2D eigenvalue weighted by atomic mass is 9.88. The summed E-state index contributed by atoms with van der Waals surface area (Å²) in [5.41, 5.74) is 2.51. The van der Waals surface area contributed by atoms with Crippen molar-refractivity contribution in [2.75, 3.05) is 13.1 Å². The molecule has 1 aromatic carbocycles. The monoisotopic (exact) mass is 353 g/mol. The summed E-state index contributed by atoms with van der Waals surface area (Å²) in [5, 5.41) is 9.32. The van der Waals surface area contributed by atoms with Gasteiger partial charge in [0, 0.05) is 19.3 Å². The van der Waals surface area contributed by atoms with Gasteiger partial charge in [-0.25, -0.2) is 14.8 Å². The van der Waals surface area contributed by atoms with E-state index in [0.29, 0.717) is 41.7 Å². The zero-order valence-electron chi connectivity index (χ0n) is 15.1. The van der Waals surface area contributed by atoms with E-state index >= 15 is 0 Å². The third kappa shape index (κ3) is 3.90. The van der Waals surface area contributed by atoms with Crippen molar-refractivity contribution in [3.05, 3.63) is 58.7 Å². The summed E-state index contributed by atoms with van der Waals surface area (Å²) in [4.78, 5) is 34.3. The molecule has 1 aromatic heterocycles. The van der Waals surface area contributed by atoms with Gasteiger partial charge in [0.15, 0.2) is 0 Å².